The molecular weight excluding hydrogens is 352 g/mol. The average molecular weight is 378 g/mol. The summed E-state index contributed by atoms with van der Waals surface area (Å²) >= 11 is 0. The number of hydrogen-bond donors (Lipinski definition) is 1. The molecule has 4 rings (SSSR count). The van der Waals surface area contributed by atoms with Crippen LogP contribution in [0.5, 0.6) is 0 Å². The number of aromatic nitrogens is 2. The first-order valence-electron chi connectivity index (χ1n) is 9.97. The van der Waals surface area contributed by atoms with Gasteiger partial charge in [0.2, 0.25) is 11.8 Å². The summed E-state index contributed by atoms with van der Waals surface area (Å²) < 4.78 is 0. The Bertz CT molecular complexity index is 856. The fraction of sp³-hybridized carbons (Fsp3) is 0.455. The molecule has 1 aromatic heterocycles. The lowest BCUT2D eigenvalue weighted by Crippen LogP contribution is -2.51. The highest BCUT2D eigenvalue weighted by molar-refractivity contribution is 5.84. The smallest absolute Gasteiger partial charge is 0.226 e. The molecule has 1 N–H and O–H groups in total. The summed E-state index contributed by atoms with van der Waals surface area (Å²) in [7, 11) is 1.70. The second-order valence-electron chi connectivity index (χ2n) is 7.96. The molecule has 2 fully saturated rings. The normalized spacial score (nSPS) is 18.5. The van der Waals surface area contributed by atoms with Gasteiger partial charge in [-0.25, -0.2) is 9.97 Å². The molecule has 0 unspecified atom stereocenters. The first-order valence-corrected chi connectivity index (χ1v) is 9.97. The first-order chi connectivity index (χ1) is 13.6. The van der Waals surface area contributed by atoms with Crippen LogP contribution in [0.3, 0.4) is 0 Å². The number of piperidine rings is 1. The van der Waals surface area contributed by atoms with Gasteiger partial charge in [-0.05, 0) is 43.2 Å². The number of benzene rings is 1. The topological polar surface area (TPSA) is 75.2 Å². The summed E-state index contributed by atoms with van der Waals surface area (Å²) in [5, 5.41) is 2.86. The van der Waals surface area contributed by atoms with Crippen LogP contribution < -0.4 is 5.32 Å². The van der Waals surface area contributed by atoms with Crippen LogP contribution in [0.25, 0.3) is 11.1 Å². The van der Waals surface area contributed by atoms with E-state index in [-0.39, 0.29) is 17.7 Å². The lowest BCUT2D eigenvalue weighted by molar-refractivity contribution is -0.141. The van der Waals surface area contributed by atoms with E-state index in [4.69, 9.17) is 0 Å². The van der Waals surface area contributed by atoms with E-state index in [1.165, 1.54) is 6.33 Å². The summed E-state index contributed by atoms with van der Waals surface area (Å²) in [5.74, 6) is 0.577. The largest absolute Gasteiger partial charge is 0.359 e. The fourth-order valence-corrected chi connectivity index (χ4v) is 4.19. The van der Waals surface area contributed by atoms with Crippen molar-refractivity contribution in [3.05, 3.63) is 48.5 Å². The number of rotatable bonds is 5. The molecule has 2 amide bonds. The molecule has 1 aliphatic heterocycles. The average Bonchev–Trinajstić information content (AvgIpc) is 3.59. The molecule has 1 saturated heterocycles. The molecule has 28 heavy (non-hydrogen) atoms. The van der Waals surface area contributed by atoms with Crippen LogP contribution in [0.4, 0.5) is 0 Å². The van der Waals surface area contributed by atoms with Gasteiger partial charge < -0.3 is 10.2 Å². The maximum Gasteiger partial charge on any atom is 0.226 e. The predicted octanol–water partition coefficient (Wildman–Crippen LogP) is 2.45. The molecule has 2 aromatic rings. The summed E-state index contributed by atoms with van der Waals surface area (Å²) in [4.78, 5) is 35.4. The standard InChI is InChI=1S/C22H26N4O2/c1-23-21(28)22(7-9-26(10-8-22)20(27)17-5-6-17)12-16-3-2-4-18(11-16)19-13-24-15-25-14-19/h2-4,11,13-15,17H,5-10,12H2,1H3,(H,23,28). The molecule has 1 aromatic carbocycles. The number of amides is 2. The van der Waals surface area contributed by atoms with Gasteiger partial charge in [0.25, 0.3) is 0 Å². The predicted molar refractivity (Wildman–Crippen MR) is 106 cm³/mol. The molecule has 0 atom stereocenters. The van der Waals surface area contributed by atoms with Crippen LogP contribution in [-0.4, -0.2) is 46.8 Å². The molecule has 146 valence electrons. The molecule has 6 heteroatoms. The third kappa shape index (κ3) is 3.77. The summed E-state index contributed by atoms with van der Waals surface area (Å²) in [5.41, 5.74) is 2.66. The Kier molecular flexibility index (Phi) is 5.11. The third-order valence-corrected chi connectivity index (χ3v) is 6.03. The SMILES string of the molecule is CNC(=O)C1(Cc2cccc(-c3cncnc3)c2)CCN(C(=O)C2CC2)CC1. The molecule has 0 radical (unpaired) electrons. The van der Waals surface area contributed by atoms with Crippen molar-refractivity contribution in [1.82, 2.24) is 20.2 Å². The van der Waals surface area contributed by atoms with E-state index in [1.54, 1.807) is 19.4 Å². The molecule has 0 bridgehead atoms. The minimum Gasteiger partial charge on any atom is -0.359 e. The van der Waals surface area contributed by atoms with Gasteiger partial charge in [0.15, 0.2) is 0 Å². The van der Waals surface area contributed by atoms with E-state index in [1.807, 2.05) is 17.0 Å². The summed E-state index contributed by atoms with van der Waals surface area (Å²) in [6, 6.07) is 8.23. The van der Waals surface area contributed by atoms with Crippen molar-refractivity contribution in [2.75, 3.05) is 20.1 Å². The van der Waals surface area contributed by atoms with Crippen molar-refractivity contribution in [2.45, 2.75) is 32.1 Å². The van der Waals surface area contributed by atoms with Crippen LogP contribution in [0.1, 0.15) is 31.2 Å². The highest BCUT2D eigenvalue weighted by Gasteiger charge is 2.43. The van der Waals surface area contributed by atoms with Gasteiger partial charge in [-0.15, -0.1) is 0 Å². The van der Waals surface area contributed by atoms with E-state index in [0.717, 1.165) is 29.5 Å². The van der Waals surface area contributed by atoms with Crippen molar-refractivity contribution in [1.29, 1.82) is 0 Å². The summed E-state index contributed by atoms with van der Waals surface area (Å²) in [6.45, 7) is 1.32. The number of nitrogens with one attached hydrogen (secondary N) is 1. The highest BCUT2D eigenvalue weighted by Crippen LogP contribution is 2.38. The Morgan fingerprint density at radius 1 is 1.14 bits per heavy atom. The number of likely N-dealkylation sites (tertiary alicyclic amines) is 1. The van der Waals surface area contributed by atoms with Crippen LogP contribution in [0.2, 0.25) is 0 Å². The number of nitrogens with zero attached hydrogens (tertiary/aromatic N) is 3. The van der Waals surface area contributed by atoms with E-state index in [0.29, 0.717) is 32.4 Å². The van der Waals surface area contributed by atoms with Crippen molar-refractivity contribution in [3.63, 3.8) is 0 Å². The van der Waals surface area contributed by atoms with Crippen molar-refractivity contribution in [2.24, 2.45) is 11.3 Å². The highest BCUT2D eigenvalue weighted by atomic mass is 16.2. The molecule has 2 aliphatic rings. The van der Waals surface area contributed by atoms with Gasteiger partial charge in [-0.2, -0.15) is 0 Å². The number of hydrogen-bond acceptors (Lipinski definition) is 4. The number of carbonyl (C=O) groups excluding carboxylic acids is 2. The van der Waals surface area contributed by atoms with Gasteiger partial charge in [-0.1, -0.05) is 24.3 Å². The first kappa shape index (κ1) is 18.6. The zero-order valence-corrected chi connectivity index (χ0v) is 16.2. The van der Waals surface area contributed by atoms with Crippen LogP contribution in [0.15, 0.2) is 43.0 Å². The fourth-order valence-electron chi connectivity index (χ4n) is 4.19. The zero-order valence-electron chi connectivity index (χ0n) is 16.2. The van der Waals surface area contributed by atoms with Crippen molar-refractivity contribution >= 4 is 11.8 Å². The summed E-state index contributed by atoms with van der Waals surface area (Å²) in [6.07, 6.45) is 9.21. The maximum absolute atomic E-state index is 12.8. The Morgan fingerprint density at radius 2 is 1.86 bits per heavy atom. The van der Waals surface area contributed by atoms with E-state index in [9.17, 15) is 9.59 Å². The molecule has 1 aliphatic carbocycles. The van der Waals surface area contributed by atoms with E-state index < -0.39 is 5.41 Å². The van der Waals surface area contributed by atoms with E-state index in [2.05, 4.69) is 27.4 Å². The van der Waals surface area contributed by atoms with Crippen LogP contribution in [-0.2, 0) is 16.0 Å². The second-order valence-corrected chi connectivity index (χ2v) is 7.96. The van der Waals surface area contributed by atoms with Crippen LogP contribution >= 0.6 is 0 Å². The minimum absolute atomic E-state index is 0.0690. The van der Waals surface area contributed by atoms with Crippen molar-refractivity contribution < 1.29 is 9.59 Å². The molecule has 2 heterocycles. The maximum atomic E-state index is 12.8. The van der Waals surface area contributed by atoms with Gasteiger partial charge in [-0.3, -0.25) is 9.59 Å². The van der Waals surface area contributed by atoms with Gasteiger partial charge >= 0.3 is 0 Å². The minimum atomic E-state index is -0.471. The quantitative estimate of drug-likeness (QED) is 0.867. The lowest BCUT2D eigenvalue weighted by atomic mass is 9.72. The monoisotopic (exact) mass is 378 g/mol. The lowest BCUT2D eigenvalue weighted by Gasteiger charge is -2.40. The van der Waals surface area contributed by atoms with Gasteiger partial charge in [0.05, 0.1) is 5.41 Å². The molecule has 6 nitrogen and oxygen atoms in total. The zero-order chi connectivity index (χ0) is 19.6. The van der Waals surface area contributed by atoms with Gasteiger partial charge in [0.1, 0.15) is 6.33 Å². The number of carbonyl (C=O) groups is 2. The third-order valence-electron chi connectivity index (χ3n) is 6.03. The Labute approximate surface area is 165 Å². The van der Waals surface area contributed by atoms with Gasteiger partial charge in [0, 0.05) is 44.0 Å². The molecular formula is C22H26N4O2. The second kappa shape index (κ2) is 7.70. The van der Waals surface area contributed by atoms with Crippen LogP contribution in [0, 0.1) is 11.3 Å². The molecule has 0 spiro atoms. The Balaban J connectivity index is 1.53. The van der Waals surface area contributed by atoms with E-state index >= 15 is 0 Å². The Hall–Kier alpha value is -2.76. The molecule has 1 saturated carbocycles. The Morgan fingerprint density at radius 3 is 2.50 bits per heavy atom. The van der Waals surface area contributed by atoms with Crippen molar-refractivity contribution in [3.8, 4) is 11.1 Å².